The minimum absolute atomic E-state index is 0. The van der Waals surface area contributed by atoms with E-state index in [2.05, 4.69) is 35.8 Å². The Balaban J connectivity index is 0.00000364. The van der Waals surface area contributed by atoms with E-state index >= 15 is 0 Å². The summed E-state index contributed by atoms with van der Waals surface area (Å²) in [5, 5.41) is 4.05. The van der Waals surface area contributed by atoms with Gasteiger partial charge < -0.3 is 15.1 Å². The number of nitrogens with one attached hydrogen (secondary N) is 1. The van der Waals surface area contributed by atoms with Crippen molar-refractivity contribution in [2.45, 2.75) is 38.5 Å². The molecule has 1 aliphatic heterocycles. The molecular formula is C20H33IN4OS. The van der Waals surface area contributed by atoms with Gasteiger partial charge in [0.25, 0.3) is 0 Å². The van der Waals surface area contributed by atoms with Gasteiger partial charge in [0.15, 0.2) is 5.96 Å². The summed E-state index contributed by atoms with van der Waals surface area (Å²) in [5.41, 5.74) is 1.15. The Kier molecular flexibility index (Phi) is 11.8. The molecule has 1 heterocycles. The third-order valence-corrected chi connectivity index (χ3v) is 5.88. The largest absolute Gasteiger partial charge is 0.357 e. The molecule has 0 aromatic heterocycles. The fraction of sp³-hybridized carbons (Fsp3) is 0.600. The first kappa shape index (κ1) is 24.1. The van der Waals surface area contributed by atoms with Crippen LogP contribution in [-0.2, 0) is 11.3 Å². The minimum atomic E-state index is 0. The third kappa shape index (κ3) is 8.29. The summed E-state index contributed by atoms with van der Waals surface area (Å²) in [6, 6.07) is 10.1. The van der Waals surface area contributed by atoms with E-state index in [4.69, 9.17) is 4.99 Å². The summed E-state index contributed by atoms with van der Waals surface area (Å²) in [6.45, 7) is 8.41. The zero-order valence-electron chi connectivity index (χ0n) is 16.7. The van der Waals surface area contributed by atoms with E-state index in [1.807, 2.05) is 37.4 Å². The number of nitrogens with zero attached hydrogens (tertiary/aromatic N) is 3. The van der Waals surface area contributed by atoms with Gasteiger partial charge in [0.1, 0.15) is 0 Å². The van der Waals surface area contributed by atoms with Gasteiger partial charge in [0.05, 0.1) is 6.54 Å². The molecule has 0 saturated carbocycles. The molecule has 152 valence electrons. The molecule has 0 aliphatic carbocycles. The first-order chi connectivity index (χ1) is 12.6. The van der Waals surface area contributed by atoms with Crippen molar-refractivity contribution < 1.29 is 4.79 Å². The predicted octanol–water partition coefficient (Wildman–Crippen LogP) is 3.45. The second-order valence-electron chi connectivity index (χ2n) is 6.57. The van der Waals surface area contributed by atoms with Crippen LogP contribution in [0.4, 0.5) is 0 Å². The van der Waals surface area contributed by atoms with Crippen LogP contribution in [0.3, 0.4) is 0 Å². The highest BCUT2D eigenvalue weighted by molar-refractivity contribution is 14.0. The molecule has 1 aromatic carbocycles. The lowest BCUT2D eigenvalue weighted by Gasteiger charge is -2.34. The number of halogens is 1. The maximum absolute atomic E-state index is 12.4. The number of guanidine groups is 1. The molecule has 1 unspecified atom stereocenters. The zero-order chi connectivity index (χ0) is 18.8. The summed E-state index contributed by atoms with van der Waals surface area (Å²) >= 11 is 2.05. The Morgan fingerprint density at radius 2 is 2.07 bits per heavy atom. The molecule has 0 bridgehead atoms. The summed E-state index contributed by atoms with van der Waals surface area (Å²) in [4.78, 5) is 21.2. The topological polar surface area (TPSA) is 47.9 Å². The minimum Gasteiger partial charge on any atom is -0.357 e. The second-order valence-corrected chi connectivity index (χ2v) is 7.98. The molecule has 7 heteroatoms. The van der Waals surface area contributed by atoms with Crippen LogP contribution in [0.2, 0.25) is 0 Å². The molecule has 1 aliphatic rings. The van der Waals surface area contributed by atoms with Crippen LogP contribution in [0.15, 0.2) is 35.3 Å². The second kappa shape index (κ2) is 13.3. The molecule has 1 saturated heterocycles. The van der Waals surface area contributed by atoms with Crippen LogP contribution in [-0.4, -0.2) is 65.9 Å². The van der Waals surface area contributed by atoms with Gasteiger partial charge in [-0.05, 0) is 18.9 Å². The van der Waals surface area contributed by atoms with Gasteiger partial charge in [0.2, 0.25) is 5.91 Å². The van der Waals surface area contributed by atoms with Crippen molar-refractivity contribution in [2.24, 2.45) is 4.99 Å². The highest BCUT2D eigenvalue weighted by Gasteiger charge is 2.21. The number of amides is 1. The van der Waals surface area contributed by atoms with E-state index in [1.165, 1.54) is 6.42 Å². The normalized spacial score (nSPS) is 17.2. The van der Waals surface area contributed by atoms with Gasteiger partial charge in [-0.25, -0.2) is 0 Å². The van der Waals surface area contributed by atoms with Gasteiger partial charge in [-0.2, -0.15) is 11.8 Å². The van der Waals surface area contributed by atoms with Crippen molar-refractivity contribution in [3.05, 3.63) is 35.9 Å². The SMILES string of the molecule is CCNC(=NCCC(=O)N(C)Cc1ccccc1)N1CCSC(CC)C1.I. The summed E-state index contributed by atoms with van der Waals surface area (Å²) < 4.78 is 0. The van der Waals surface area contributed by atoms with Crippen molar-refractivity contribution in [3.63, 3.8) is 0 Å². The summed E-state index contributed by atoms with van der Waals surface area (Å²) in [6.07, 6.45) is 1.63. The molecule has 27 heavy (non-hydrogen) atoms. The first-order valence-electron chi connectivity index (χ1n) is 9.56. The van der Waals surface area contributed by atoms with E-state index in [9.17, 15) is 4.79 Å². The molecule has 1 aromatic rings. The number of benzene rings is 1. The average molecular weight is 504 g/mol. The van der Waals surface area contributed by atoms with Crippen molar-refractivity contribution >= 4 is 47.6 Å². The smallest absolute Gasteiger partial charge is 0.224 e. The molecule has 2 rings (SSSR count). The van der Waals surface area contributed by atoms with Crippen LogP contribution in [0.1, 0.15) is 32.3 Å². The van der Waals surface area contributed by atoms with Crippen molar-refractivity contribution in [1.29, 1.82) is 0 Å². The monoisotopic (exact) mass is 504 g/mol. The molecule has 1 N–H and O–H groups in total. The lowest BCUT2D eigenvalue weighted by molar-refractivity contribution is -0.130. The molecule has 1 atom stereocenters. The lowest BCUT2D eigenvalue weighted by atomic mass is 10.2. The fourth-order valence-electron chi connectivity index (χ4n) is 2.98. The molecule has 0 spiro atoms. The number of aliphatic imine (C=N–C) groups is 1. The molecule has 1 amide bonds. The Morgan fingerprint density at radius 3 is 2.74 bits per heavy atom. The van der Waals surface area contributed by atoms with Gasteiger partial charge in [-0.1, -0.05) is 37.3 Å². The Morgan fingerprint density at radius 1 is 1.33 bits per heavy atom. The van der Waals surface area contributed by atoms with Crippen molar-refractivity contribution in [1.82, 2.24) is 15.1 Å². The Hall–Kier alpha value is -0.960. The average Bonchev–Trinajstić information content (AvgIpc) is 2.68. The van der Waals surface area contributed by atoms with Gasteiger partial charge >= 0.3 is 0 Å². The number of hydrogen-bond donors (Lipinski definition) is 1. The highest BCUT2D eigenvalue weighted by Crippen LogP contribution is 2.21. The Bertz CT molecular complexity index is 585. The number of hydrogen-bond acceptors (Lipinski definition) is 3. The molecule has 5 nitrogen and oxygen atoms in total. The highest BCUT2D eigenvalue weighted by atomic mass is 127. The molecule has 0 radical (unpaired) electrons. The van der Waals surface area contributed by atoms with Crippen molar-refractivity contribution in [2.75, 3.05) is 39.0 Å². The fourth-order valence-corrected chi connectivity index (χ4v) is 4.16. The zero-order valence-corrected chi connectivity index (χ0v) is 19.8. The van der Waals surface area contributed by atoms with E-state index in [0.29, 0.717) is 24.8 Å². The van der Waals surface area contributed by atoms with Gasteiger partial charge in [0, 0.05) is 50.7 Å². The van der Waals surface area contributed by atoms with Crippen LogP contribution in [0, 0.1) is 0 Å². The Labute approximate surface area is 185 Å². The van der Waals surface area contributed by atoms with E-state index in [0.717, 1.165) is 36.9 Å². The third-order valence-electron chi connectivity index (χ3n) is 4.50. The molecule has 1 fully saturated rings. The van der Waals surface area contributed by atoms with Crippen LogP contribution in [0.25, 0.3) is 0 Å². The van der Waals surface area contributed by atoms with E-state index in [1.54, 1.807) is 4.90 Å². The number of carbonyl (C=O) groups excluding carboxylic acids is 1. The van der Waals surface area contributed by atoms with Crippen LogP contribution >= 0.6 is 35.7 Å². The summed E-state index contributed by atoms with van der Waals surface area (Å²) in [5.74, 6) is 2.22. The molecular weight excluding hydrogens is 471 g/mol. The number of thioether (sulfide) groups is 1. The van der Waals surface area contributed by atoms with E-state index in [-0.39, 0.29) is 29.9 Å². The maximum atomic E-state index is 12.4. The predicted molar refractivity (Wildman–Crippen MR) is 127 cm³/mol. The quantitative estimate of drug-likeness (QED) is 0.351. The summed E-state index contributed by atoms with van der Waals surface area (Å²) in [7, 11) is 1.86. The van der Waals surface area contributed by atoms with Gasteiger partial charge in [-0.3, -0.25) is 9.79 Å². The number of carbonyl (C=O) groups is 1. The van der Waals surface area contributed by atoms with Crippen molar-refractivity contribution in [3.8, 4) is 0 Å². The number of rotatable bonds is 7. The lowest BCUT2D eigenvalue weighted by Crippen LogP contribution is -2.48. The van der Waals surface area contributed by atoms with Crippen LogP contribution in [0.5, 0.6) is 0 Å². The standard InChI is InChI=1S/C20H32N4OS.HI/c1-4-18-16-24(13-14-26-18)20(21-5-2)22-12-11-19(25)23(3)15-17-9-7-6-8-10-17;/h6-10,18H,4-5,11-16H2,1-3H3,(H,21,22);1H. The first-order valence-corrected chi connectivity index (χ1v) is 10.6. The maximum Gasteiger partial charge on any atom is 0.224 e. The van der Waals surface area contributed by atoms with E-state index < -0.39 is 0 Å². The van der Waals surface area contributed by atoms with Gasteiger partial charge in [-0.15, -0.1) is 24.0 Å². The van der Waals surface area contributed by atoms with Crippen LogP contribution < -0.4 is 5.32 Å².